The molecule has 5 heteroatoms. The van der Waals surface area contributed by atoms with Crippen molar-refractivity contribution in [2.75, 3.05) is 0 Å². The first-order valence-corrected chi connectivity index (χ1v) is 7.81. The van der Waals surface area contributed by atoms with Crippen molar-refractivity contribution >= 4 is 11.8 Å². The third kappa shape index (κ3) is 4.08. The maximum atomic E-state index is 6.04. The molecule has 2 N–H and O–H groups in total. The van der Waals surface area contributed by atoms with E-state index in [-0.39, 0.29) is 6.04 Å². The number of rotatable bonds is 6. The minimum atomic E-state index is -0.171. The van der Waals surface area contributed by atoms with Gasteiger partial charge in [-0.25, -0.2) is 0 Å². The van der Waals surface area contributed by atoms with Crippen LogP contribution in [0.2, 0.25) is 0 Å². The van der Waals surface area contributed by atoms with Gasteiger partial charge in [-0.3, -0.25) is 0 Å². The van der Waals surface area contributed by atoms with Gasteiger partial charge in [-0.1, -0.05) is 49.9 Å². The summed E-state index contributed by atoms with van der Waals surface area (Å²) >= 11 is 1.55. The Kier molecular flexibility index (Phi) is 5.20. The van der Waals surface area contributed by atoms with Crippen LogP contribution in [0.3, 0.4) is 0 Å². The Balaban J connectivity index is 1.95. The van der Waals surface area contributed by atoms with Crippen LogP contribution in [-0.4, -0.2) is 10.2 Å². The average Bonchev–Trinajstić information content (AvgIpc) is 2.86. The zero-order valence-corrected chi connectivity index (χ0v) is 13.0. The molecule has 1 heterocycles. The van der Waals surface area contributed by atoms with E-state index in [1.165, 1.54) is 11.1 Å². The number of aromatic nitrogens is 2. The third-order valence-corrected chi connectivity index (χ3v) is 3.94. The summed E-state index contributed by atoms with van der Waals surface area (Å²) in [5.74, 6) is 1.87. The summed E-state index contributed by atoms with van der Waals surface area (Å²) < 4.78 is 5.62. The SMILES string of the molecule is Cc1ccccc1CSc1nnc([C@@H](N)CC(C)C)o1. The molecule has 0 aliphatic carbocycles. The molecular weight excluding hydrogens is 270 g/mol. The molecule has 0 saturated carbocycles. The normalized spacial score (nSPS) is 12.8. The predicted molar refractivity (Wildman–Crippen MR) is 81.4 cm³/mol. The lowest BCUT2D eigenvalue weighted by Gasteiger charge is -2.08. The van der Waals surface area contributed by atoms with Gasteiger partial charge in [0.1, 0.15) is 0 Å². The molecule has 0 bridgehead atoms. The molecule has 4 nitrogen and oxygen atoms in total. The second-order valence-corrected chi connectivity index (χ2v) is 6.28. The van der Waals surface area contributed by atoms with E-state index < -0.39 is 0 Å². The lowest BCUT2D eigenvalue weighted by molar-refractivity contribution is 0.361. The molecule has 2 rings (SSSR count). The lowest BCUT2D eigenvalue weighted by Crippen LogP contribution is -2.13. The Labute approximate surface area is 124 Å². The number of aryl methyl sites for hydroxylation is 1. The maximum absolute atomic E-state index is 6.04. The molecule has 0 saturated heterocycles. The van der Waals surface area contributed by atoms with Crippen molar-refractivity contribution in [2.45, 2.75) is 44.2 Å². The van der Waals surface area contributed by atoms with Crippen LogP contribution >= 0.6 is 11.8 Å². The van der Waals surface area contributed by atoms with E-state index in [0.29, 0.717) is 17.0 Å². The summed E-state index contributed by atoms with van der Waals surface area (Å²) in [6, 6.07) is 8.13. The smallest absolute Gasteiger partial charge is 0.276 e. The molecule has 1 aromatic heterocycles. The molecule has 1 aromatic carbocycles. The van der Waals surface area contributed by atoms with E-state index in [9.17, 15) is 0 Å². The van der Waals surface area contributed by atoms with Gasteiger partial charge in [-0.15, -0.1) is 10.2 Å². The van der Waals surface area contributed by atoms with Gasteiger partial charge >= 0.3 is 0 Å². The van der Waals surface area contributed by atoms with Crippen LogP contribution in [0.15, 0.2) is 33.9 Å². The van der Waals surface area contributed by atoms with Gasteiger partial charge in [0.15, 0.2) is 0 Å². The first-order valence-electron chi connectivity index (χ1n) is 6.82. The van der Waals surface area contributed by atoms with Gasteiger partial charge in [0, 0.05) is 5.75 Å². The van der Waals surface area contributed by atoms with Crippen LogP contribution in [0.5, 0.6) is 0 Å². The summed E-state index contributed by atoms with van der Waals surface area (Å²) in [5, 5.41) is 8.68. The number of hydrogen-bond donors (Lipinski definition) is 1. The van der Waals surface area contributed by atoms with Crippen LogP contribution < -0.4 is 5.73 Å². The zero-order valence-electron chi connectivity index (χ0n) is 12.2. The van der Waals surface area contributed by atoms with E-state index in [0.717, 1.165) is 12.2 Å². The highest BCUT2D eigenvalue weighted by atomic mass is 32.2. The zero-order chi connectivity index (χ0) is 14.5. The topological polar surface area (TPSA) is 64.9 Å². The fourth-order valence-electron chi connectivity index (χ4n) is 1.95. The van der Waals surface area contributed by atoms with Crippen LogP contribution in [0.25, 0.3) is 0 Å². The van der Waals surface area contributed by atoms with E-state index >= 15 is 0 Å². The fourth-order valence-corrected chi connectivity index (χ4v) is 2.79. The Morgan fingerprint density at radius 3 is 2.70 bits per heavy atom. The van der Waals surface area contributed by atoms with Crippen LogP contribution in [-0.2, 0) is 5.75 Å². The van der Waals surface area contributed by atoms with Crippen molar-refractivity contribution < 1.29 is 4.42 Å². The summed E-state index contributed by atoms with van der Waals surface area (Å²) in [6.45, 7) is 6.36. The van der Waals surface area contributed by atoms with Crippen molar-refractivity contribution in [1.82, 2.24) is 10.2 Å². The maximum Gasteiger partial charge on any atom is 0.276 e. The molecule has 108 valence electrons. The van der Waals surface area contributed by atoms with Crippen molar-refractivity contribution in [3.63, 3.8) is 0 Å². The van der Waals surface area contributed by atoms with Gasteiger partial charge in [-0.05, 0) is 30.4 Å². The molecular formula is C15H21N3OS. The van der Waals surface area contributed by atoms with E-state index in [1.807, 2.05) is 12.1 Å². The van der Waals surface area contributed by atoms with E-state index in [2.05, 4.69) is 43.1 Å². The second kappa shape index (κ2) is 6.90. The minimum Gasteiger partial charge on any atom is -0.414 e. The summed E-state index contributed by atoms with van der Waals surface area (Å²) in [7, 11) is 0. The number of hydrogen-bond acceptors (Lipinski definition) is 5. The largest absolute Gasteiger partial charge is 0.414 e. The Hall–Kier alpha value is -1.33. The standard InChI is InChI=1S/C15H21N3OS/c1-10(2)8-13(16)14-17-18-15(19-14)20-9-12-7-5-4-6-11(12)3/h4-7,10,13H,8-9,16H2,1-3H3/t13-/m0/s1. The van der Waals surface area contributed by atoms with Crippen molar-refractivity contribution in [2.24, 2.45) is 11.7 Å². The second-order valence-electron chi connectivity index (χ2n) is 5.36. The highest BCUT2D eigenvalue weighted by Crippen LogP contribution is 2.25. The monoisotopic (exact) mass is 291 g/mol. The molecule has 1 atom stereocenters. The molecule has 2 aromatic rings. The molecule has 0 radical (unpaired) electrons. The summed E-state index contributed by atoms with van der Waals surface area (Å²) in [5.41, 5.74) is 8.59. The number of benzene rings is 1. The molecule has 0 spiro atoms. The van der Waals surface area contributed by atoms with E-state index in [4.69, 9.17) is 10.2 Å². The summed E-state index contributed by atoms with van der Waals surface area (Å²) in [6.07, 6.45) is 0.851. The number of thioether (sulfide) groups is 1. The van der Waals surface area contributed by atoms with Gasteiger partial charge in [0.25, 0.3) is 5.22 Å². The highest BCUT2D eigenvalue weighted by molar-refractivity contribution is 7.98. The molecule has 0 aliphatic rings. The summed E-state index contributed by atoms with van der Waals surface area (Å²) in [4.78, 5) is 0. The average molecular weight is 291 g/mol. The van der Waals surface area contributed by atoms with Gasteiger partial charge in [0.2, 0.25) is 5.89 Å². The Morgan fingerprint density at radius 2 is 2.00 bits per heavy atom. The Morgan fingerprint density at radius 1 is 1.25 bits per heavy atom. The molecule has 0 fully saturated rings. The van der Waals surface area contributed by atoms with E-state index in [1.54, 1.807) is 11.8 Å². The van der Waals surface area contributed by atoms with Crippen molar-refractivity contribution in [1.29, 1.82) is 0 Å². The van der Waals surface area contributed by atoms with Crippen LogP contribution in [0, 0.1) is 12.8 Å². The first-order chi connectivity index (χ1) is 9.56. The predicted octanol–water partition coefficient (Wildman–Crippen LogP) is 3.72. The van der Waals surface area contributed by atoms with Crippen LogP contribution in [0.1, 0.15) is 43.3 Å². The van der Waals surface area contributed by atoms with Gasteiger partial charge in [0.05, 0.1) is 6.04 Å². The highest BCUT2D eigenvalue weighted by Gasteiger charge is 2.16. The Bertz CT molecular complexity index is 554. The molecule has 0 aliphatic heterocycles. The van der Waals surface area contributed by atoms with Crippen LogP contribution in [0.4, 0.5) is 0 Å². The molecule has 20 heavy (non-hydrogen) atoms. The van der Waals surface area contributed by atoms with Gasteiger partial charge in [-0.2, -0.15) is 0 Å². The fraction of sp³-hybridized carbons (Fsp3) is 0.467. The minimum absolute atomic E-state index is 0.171. The van der Waals surface area contributed by atoms with Crippen molar-refractivity contribution in [3.8, 4) is 0 Å². The van der Waals surface area contributed by atoms with Gasteiger partial charge < -0.3 is 10.2 Å². The quantitative estimate of drug-likeness (QED) is 0.822. The third-order valence-electron chi connectivity index (χ3n) is 3.08. The molecule has 0 amide bonds. The molecule has 0 unspecified atom stereocenters. The lowest BCUT2D eigenvalue weighted by atomic mass is 10.1. The number of nitrogens with zero attached hydrogens (tertiary/aromatic N) is 2. The number of nitrogens with two attached hydrogens (primary N) is 1. The van der Waals surface area contributed by atoms with Crippen molar-refractivity contribution in [3.05, 3.63) is 41.3 Å². The first kappa shape index (κ1) is 15.1.